The van der Waals surface area contributed by atoms with Gasteiger partial charge in [0.25, 0.3) is 0 Å². The van der Waals surface area contributed by atoms with E-state index in [1.165, 1.54) is 0 Å². The van der Waals surface area contributed by atoms with Crippen LogP contribution in [0.25, 0.3) is 0 Å². The van der Waals surface area contributed by atoms with E-state index < -0.39 is 0 Å². The Balaban J connectivity index is 0.00000144. The van der Waals surface area contributed by atoms with Crippen molar-refractivity contribution in [3.05, 3.63) is 12.3 Å². The van der Waals surface area contributed by atoms with Crippen LogP contribution in [-0.4, -0.2) is 22.6 Å². The zero-order chi connectivity index (χ0) is 11.4. The van der Waals surface area contributed by atoms with Crippen molar-refractivity contribution in [3.8, 4) is 0 Å². The predicted octanol–water partition coefficient (Wildman–Crippen LogP) is 2.27. The molecule has 1 heterocycles. The molecule has 104 valence electrons. The number of nitrogens with one attached hydrogen (secondary N) is 2. The van der Waals surface area contributed by atoms with Crippen LogP contribution in [0.3, 0.4) is 0 Å². The molecule has 0 aliphatic heterocycles. The van der Waals surface area contributed by atoms with Crippen LogP contribution in [0.4, 0.5) is 5.82 Å². The number of aromatic nitrogens is 2. The Hall–Kier alpha value is -0.400. The summed E-state index contributed by atoms with van der Waals surface area (Å²) in [6, 6.07) is 1.75. The summed E-state index contributed by atoms with van der Waals surface area (Å²) in [6.07, 6.45) is 5.65. The highest BCUT2D eigenvalue weighted by atomic mass is 79.9. The molecule has 1 aliphatic rings. The first-order valence-electron chi connectivity index (χ1n) is 5.80. The number of rotatable bonds is 3. The van der Waals surface area contributed by atoms with Gasteiger partial charge in [-0.05, 0) is 38.1 Å². The third-order valence-corrected chi connectivity index (χ3v) is 3.31. The highest BCUT2D eigenvalue weighted by Gasteiger charge is 2.25. The van der Waals surface area contributed by atoms with E-state index in [1.807, 2.05) is 0 Å². The zero-order valence-corrected chi connectivity index (χ0v) is 13.5. The standard InChI is InChI=1S/C11H18N4O.2BrH/c12-7-8-1-3-9(4-2-8)11(16)14-10-5-6-13-15-10;;/h5-6,8-9H,1-4,7,12H2,(H2,13,14,15,16);2*1H. The smallest absolute Gasteiger partial charge is 0.228 e. The van der Waals surface area contributed by atoms with Gasteiger partial charge in [-0.3, -0.25) is 9.89 Å². The summed E-state index contributed by atoms with van der Waals surface area (Å²) in [7, 11) is 0. The van der Waals surface area contributed by atoms with E-state index in [9.17, 15) is 4.79 Å². The number of aromatic amines is 1. The van der Waals surface area contributed by atoms with Gasteiger partial charge in [-0.1, -0.05) is 0 Å². The highest BCUT2D eigenvalue weighted by Crippen LogP contribution is 2.28. The average molecular weight is 384 g/mol. The van der Waals surface area contributed by atoms with Crippen LogP contribution in [0.2, 0.25) is 0 Å². The topological polar surface area (TPSA) is 83.8 Å². The maximum absolute atomic E-state index is 11.9. The van der Waals surface area contributed by atoms with Gasteiger partial charge in [-0.2, -0.15) is 5.10 Å². The number of carbonyl (C=O) groups is 1. The minimum absolute atomic E-state index is 0. The second-order valence-electron chi connectivity index (χ2n) is 4.41. The highest BCUT2D eigenvalue weighted by molar-refractivity contribution is 8.93. The molecule has 1 aromatic heterocycles. The van der Waals surface area contributed by atoms with E-state index in [4.69, 9.17) is 5.73 Å². The van der Waals surface area contributed by atoms with Gasteiger partial charge in [0.2, 0.25) is 5.91 Å². The number of nitrogens with zero attached hydrogens (tertiary/aromatic N) is 1. The summed E-state index contributed by atoms with van der Waals surface area (Å²) >= 11 is 0. The van der Waals surface area contributed by atoms with Crippen LogP contribution in [0.15, 0.2) is 12.3 Å². The fourth-order valence-electron chi connectivity index (χ4n) is 2.22. The Morgan fingerprint density at radius 2 is 2.06 bits per heavy atom. The summed E-state index contributed by atoms with van der Waals surface area (Å²) < 4.78 is 0. The van der Waals surface area contributed by atoms with Gasteiger partial charge in [-0.15, -0.1) is 34.0 Å². The van der Waals surface area contributed by atoms with Gasteiger partial charge in [0.1, 0.15) is 5.82 Å². The fourth-order valence-corrected chi connectivity index (χ4v) is 2.22. The Bertz CT molecular complexity index is 337. The molecule has 1 aromatic rings. The SMILES string of the molecule is Br.Br.NCC1CCC(C(=O)Nc2ccn[nH]2)CC1. The molecule has 2 rings (SSSR count). The van der Waals surface area contributed by atoms with Crippen LogP contribution >= 0.6 is 34.0 Å². The maximum atomic E-state index is 11.9. The first-order chi connectivity index (χ1) is 7.79. The van der Waals surface area contributed by atoms with Crippen LogP contribution in [-0.2, 0) is 4.79 Å². The van der Waals surface area contributed by atoms with Crippen molar-refractivity contribution < 1.29 is 4.79 Å². The average Bonchev–Trinajstić information content (AvgIpc) is 2.82. The Morgan fingerprint density at radius 3 is 2.56 bits per heavy atom. The van der Waals surface area contributed by atoms with Crippen molar-refractivity contribution >= 4 is 45.7 Å². The molecule has 0 radical (unpaired) electrons. The summed E-state index contributed by atoms with van der Waals surface area (Å²) in [4.78, 5) is 11.9. The molecule has 18 heavy (non-hydrogen) atoms. The summed E-state index contributed by atoms with van der Waals surface area (Å²) in [5.74, 6) is 1.51. The van der Waals surface area contributed by atoms with Crippen molar-refractivity contribution in [2.75, 3.05) is 11.9 Å². The van der Waals surface area contributed by atoms with Crippen molar-refractivity contribution in [2.24, 2.45) is 17.6 Å². The molecule has 1 aliphatic carbocycles. The molecule has 0 unspecified atom stereocenters. The van der Waals surface area contributed by atoms with E-state index in [-0.39, 0.29) is 45.8 Å². The normalized spacial score (nSPS) is 22.5. The summed E-state index contributed by atoms with van der Waals surface area (Å²) in [6.45, 7) is 0.745. The number of H-pyrrole nitrogens is 1. The number of carbonyl (C=O) groups excluding carboxylic acids is 1. The number of amides is 1. The Morgan fingerprint density at radius 1 is 1.39 bits per heavy atom. The van der Waals surface area contributed by atoms with Gasteiger partial charge < -0.3 is 11.1 Å². The van der Waals surface area contributed by atoms with Crippen molar-refractivity contribution in [1.29, 1.82) is 0 Å². The minimum atomic E-state index is 0. The molecule has 0 bridgehead atoms. The molecular weight excluding hydrogens is 364 g/mol. The molecule has 1 saturated carbocycles. The van der Waals surface area contributed by atoms with Crippen molar-refractivity contribution in [1.82, 2.24) is 10.2 Å². The largest absolute Gasteiger partial charge is 0.330 e. The van der Waals surface area contributed by atoms with Gasteiger partial charge in [0.15, 0.2) is 0 Å². The zero-order valence-electron chi connectivity index (χ0n) is 10.1. The van der Waals surface area contributed by atoms with Gasteiger partial charge in [-0.25, -0.2) is 0 Å². The number of hydrogen-bond acceptors (Lipinski definition) is 3. The van der Waals surface area contributed by atoms with Crippen LogP contribution in [0.5, 0.6) is 0 Å². The first kappa shape index (κ1) is 17.6. The van der Waals surface area contributed by atoms with Crippen molar-refractivity contribution in [3.63, 3.8) is 0 Å². The minimum Gasteiger partial charge on any atom is -0.330 e. The third kappa shape index (κ3) is 4.70. The lowest BCUT2D eigenvalue weighted by Gasteiger charge is -2.26. The van der Waals surface area contributed by atoms with Gasteiger partial charge in [0.05, 0.1) is 6.20 Å². The molecule has 0 atom stereocenters. The predicted molar refractivity (Wildman–Crippen MR) is 82.4 cm³/mol. The Labute approximate surface area is 128 Å². The molecule has 1 fully saturated rings. The molecule has 0 aromatic carbocycles. The summed E-state index contributed by atoms with van der Waals surface area (Å²) in [5, 5.41) is 9.35. The van der Waals surface area contributed by atoms with Crippen molar-refractivity contribution in [2.45, 2.75) is 25.7 Å². The van der Waals surface area contributed by atoms with Gasteiger partial charge in [0, 0.05) is 12.0 Å². The third-order valence-electron chi connectivity index (χ3n) is 3.31. The van der Waals surface area contributed by atoms with E-state index in [0.29, 0.717) is 11.7 Å². The molecule has 4 N–H and O–H groups in total. The molecular formula is C11H20Br2N4O. The fraction of sp³-hybridized carbons (Fsp3) is 0.636. The Kier molecular flexibility index (Phi) is 8.47. The lowest BCUT2D eigenvalue weighted by Crippen LogP contribution is -2.29. The molecule has 0 saturated heterocycles. The number of hydrogen-bond donors (Lipinski definition) is 3. The number of anilines is 1. The second-order valence-corrected chi connectivity index (χ2v) is 4.41. The second kappa shape index (κ2) is 8.66. The van der Waals surface area contributed by atoms with E-state index in [2.05, 4.69) is 15.5 Å². The molecule has 0 spiro atoms. The lowest BCUT2D eigenvalue weighted by atomic mass is 9.81. The lowest BCUT2D eigenvalue weighted by molar-refractivity contribution is -0.121. The maximum Gasteiger partial charge on any atom is 0.228 e. The number of halogens is 2. The quantitative estimate of drug-likeness (QED) is 0.748. The van der Waals surface area contributed by atoms with E-state index >= 15 is 0 Å². The molecule has 5 nitrogen and oxygen atoms in total. The van der Waals surface area contributed by atoms with Crippen LogP contribution in [0, 0.1) is 11.8 Å². The molecule has 7 heteroatoms. The molecule has 1 amide bonds. The van der Waals surface area contributed by atoms with E-state index in [1.54, 1.807) is 12.3 Å². The number of nitrogens with two attached hydrogens (primary N) is 1. The first-order valence-corrected chi connectivity index (χ1v) is 5.80. The monoisotopic (exact) mass is 382 g/mol. The summed E-state index contributed by atoms with van der Waals surface area (Å²) in [5.41, 5.74) is 5.62. The van der Waals surface area contributed by atoms with E-state index in [0.717, 1.165) is 32.2 Å². The van der Waals surface area contributed by atoms with Crippen LogP contribution < -0.4 is 11.1 Å². The van der Waals surface area contributed by atoms with Crippen LogP contribution in [0.1, 0.15) is 25.7 Å². The van der Waals surface area contributed by atoms with Gasteiger partial charge >= 0.3 is 0 Å².